The van der Waals surface area contributed by atoms with Gasteiger partial charge in [-0.3, -0.25) is 0 Å². The molecule has 0 saturated carbocycles. The smallest absolute Gasteiger partial charge is 0.462 e. The first kappa shape index (κ1) is 21.7. The highest BCUT2D eigenvalue weighted by atomic mass is 31.1. The fourth-order valence-electron chi connectivity index (χ4n) is 2.39. The largest absolute Gasteiger partial charge is 0.698 e. The molecule has 0 unspecified atom stereocenters. The Morgan fingerprint density at radius 2 is 1.14 bits per heavy atom. The van der Waals surface area contributed by atoms with Gasteiger partial charge < -0.3 is 9.47 Å². The lowest BCUT2D eigenvalue weighted by Crippen LogP contribution is -2.09. The van der Waals surface area contributed by atoms with Gasteiger partial charge in [0.1, 0.15) is 13.2 Å². The number of esters is 2. The van der Waals surface area contributed by atoms with Crippen molar-refractivity contribution in [2.75, 3.05) is 13.2 Å². The number of hydrogen-bond donors (Lipinski definition) is 0. The van der Waals surface area contributed by atoms with Crippen LogP contribution in [0.3, 0.4) is 0 Å². The number of hydrogen-bond acceptors (Lipinski definition) is 7. The van der Waals surface area contributed by atoms with Crippen molar-refractivity contribution >= 4 is 20.2 Å². The molecule has 0 aromatic heterocycles. The lowest BCUT2D eigenvalue weighted by molar-refractivity contribution is 0.0514. The number of carbonyl (C=O) groups excluding carboxylic acids is 2. The van der Waals surface area contributed by atoms with Crippen molar-refractivity contribution in [3.05, 3.63) is 70.8 Å². The first-order valence-corrected chi connectivity index (χ1v) is 9.89. The molecule has 0 spiro atoms. The van der Waals surface area contributed by atoms with Crippen molar-refractivity contribution in [3.8, 4) is 0 Å². The maximum atomic E-state index is 12.1. The highest BCUT2D eigenvalue weighted by Gasteiger charge is 2.24. The predicted octanol–water partition coefficient (Wildman–Crippen LogP) is 4.43. The second-order valence-corrected chi connectivity index (χ2v) is 6.49. The van der Waals surface area contributed by atoms with Crippen molar-refractivity contribution in [2.45, 2.75) is 27.1 Å². The fourth-order valence-corrected chi connectivity index (χ4v) is 2.95. The Bertz CT molecular complexity index is 767. The number of ether oxygens (including phenoxy) is 2. The van der Waals surface area contributed by atoms with Crippen molar-refractivity contribution < 1.29 is 32.7 Å². The summed E-state index contributed by atoms with van der Waals surface area (Å²) in [5, 5.41) is 0. The zero-order chi connectivity index (χ0) is 20.4. The van der Waals surface area contributed by atoms with Crippen molar-refractivity contribution in [1.82, 2.24) is 0 Å². The highest BCUT2D eigenvalue weighted by molar-refractivity contribution is 7.33. The summed E-state index contributed by atoms with van der Waals surface area (Å²) in [5.74, 6) is -0.942. The third-order valence-electron chi connectivity index (χ3n) is 3.68. The monoisotopic (exact) mass is 405 g/mol. The lowest BCUT2D eigenvalue weighted by Gasteiger charge is -2.06. The minimum atomic E-state index is -2.46. The first-order valence-electron chi connectivity index (χ1n) is 8.79. The number of rotatable bonds is 10. The maximum absolute atomic E-state index is 12.1. The Kier molecular flexibility index (Phi) is 8.75. The molecule has 148 valence electrons. The molecule has 0 aliphatic carbocycles. The number of benzene rings is 2. The molecule has 0 saturated heterocycles. The van der Waals surface area contributed by atoms with E-state index in [0.717, 1.165) is 0 Å². The molecule has 0 atom stereocenters. The van der Waals surface area contributed by atoms with E-state index in [1.807, 2.05) is 0 Å². The minimum Gasteiger partial charge on any atom is -0.462 e. The van der Waals surface area contributed by atoms with E-state index in [-0.39, 0.29) is 26.4 Å². The van der Waals surface area contributed by atoms with Crippen LogP contribution in [-0.2, 0) is 36.3 Å². The molecule has 0 N–H and O–H groups in total. The molecule has 0 heterocycles. The molecule has 2 rings (SSSR count). The molecular formula is C20H22O7P+. The predicted molar refractivity (Wildman–Crippen MR) is 102 cm³/mol. The van der Waals surface area contributed by atoms with Gasteiger partial charge in [0.15, 0.2) is 0 Å². The summed E-state index contributed by atoms with van der Waals surface area (Å²) in [5.41, 5.74) is 1.78. The SMILES string of the molecule is CCOC(=O)c1ccccc1CO[P+](=O)OCc1ccccc1C(=O)OCC. The quantitative estimate of drug-likeness (QED) is 0.427. The van der Waals surface area contributed by atoms with Crippen LogP contribution >= 0.6 is 8.25 Å². The topological polar surface area (TPSA) is 88.1 Å². The summed E-state index contributed by atoms with van der Waals surface area (Å²) in [6.45, 7) is 3.79. The van der Waals surface area contributed by atoms with Crippen LogP contribution in [0.1, 0.15) is 45.7 Å². The van der Waals surface area contributed by atoms with Crippen LogP contribution in [0.2, 0.25) is 0 Å². The molecular weight excluding hydrogens is 383 g/mol. The van der Waals surface area contributed by atoms with Crippen LogP contribution in [0.5, 0.6) is 0 Å². The van der Waals surface area contributed by atoms with E-state index < -0.39 is 20.2 Å². The zero-order valence-electron chi connectivity index (χ0n) is 15.8. The van der Waals surface area contributed by atoms with Crippen molar-refractivity contribution in [3.63, 3.8) is 0 Å². The molecule has 7 nitrogen and oxygen atoms in total. The Morgan fingerprint density at radius 1 is 0.750 bits per heavy atom. The summed E-state index contributed by atoms with van der Waals surface area (Å²) in [7, 11) is -2.46. The van der Waals surface area contributed by atoms with E-state index >= 15 is 0 Å². The molecule has 0 aliphatic heterocycles. The van der Waals surface area contributed by atoms with Gasteiger partial charge in [-0.1, -0.05) is 36.4 Å². The summed E-state index contributed by atoms with van der Waals surface area (Å²) >= 11 is 0. The van der Waals surface area contributed by atoms with E-state index in [4.69, 9.17) is 18.5 Å². The van der Waals surface area contributed by atoms with Crippen LogP contribution in [0.25, 0.3) is 0 Å². The van der Waals surface area contributed by atoms with Crippen molar-refractivity contribution in [2.24, 2.45) is 0 Å². The van der Waals surface area contributed by atoms with E-state index in [1.54, 1.807) is 62.4 Å². The molecule has 0 bridgehead atoms. The standard InChI is InChI=1S/C20H22O7P/c1-3-24-19(21)17-11-7-5-9-15(17)13-26-28(23)27-14-16-10-6-8-12-18(16)20(22)25-4-2/h5-12H,3-4,13-14H2,1-2H3/q+1. The van der Waals surface area contributed by atoms with Gasteiger partial charge in [-0.05, 0) is 37.1 Å². The van der Waals surface area contributed by atoms with E-state index in [9.17, 15) is 14.2 Å². The van der Waals surface area contributed by atoms with Gasteiger partial charge in [-0.2, -0.15) is 0 Å². The van der Waals surface area contributed by atoms with Crippen LogP contribution in [0.4, 0.5) is 0 Å². The van der Waals surface area contributed by atoms with Crippen LogP contribution in [0.15, 0.2) is 48.5 Å². The summed E-state index contributed by atoms with van der Waals surface area (Å²) in [4.78, 5) is 23.9. The van der Waals surface area contributed by atoms with Crippen LogP contribution in [-0.4, -0.2) is 25.2 Å². The summed E-state index contributed by atoms with van der Waals surface area (Å²) < 4.78 is 32.5. The van der Waals surface area contributed by atoms with E-state index in [0.29, 0.717) is 22.3 Å². The molecule has 0 amide bonds. The Morgan fingerprint density at radius 3 is 1.54 bits per heavy atom. The van der Waals surface area contributed by atoms with Crippen molar-refractivity contribution in [1.29, 1.82) is 0 Å². The van der Waals surface area contributed by atoms with Crippen LogP contribution in [0, 0.1) is 0 Å². The fraction of sp³-hybridized carbons (Fsp3) is 0.300. The van der Waals surface area contributed by atoms with Gasteiger partial charge in [0, 0.05) is 4.57 Å². The normalized spacial score (nSPS) is 10.4. The average Bonchev–Trinajstić information content (AvgIpc) is 2.71. The Labute approximate surface area is 164 Å². The van der Waals surface area contributed by atoms with Gasteiger partial charge in [-0.25, -0.2) is 9.59 Å². The average molecular weight is 405 g/mol. The second kappa shape index (κ2) is 11.3. The number of carbonyl (C=O) groups is 2. The van der Waals surface area contributed by atoms with Gasteiger partial charge in [-0.15, -0.1) is 9.05 Å². The van der Waals surface area contributed by atoms with Gasteiger partial charge >= 0.3 is 20.2 Å². The maximum Gasteiger partial charge on any atom is 0.698 e. The van der Waals surface area contributed by atoms with Gasteiger partial charge in [0.25, 0.3) is 0 Å². The molecule has 0 radical (unpaired) electrons. The third-order valence-corrected chi connectivity index (χ3v) is 4.36. The Hall–Kier alpha value is -2.60. The summed E-state index contributed by atoms with van der Waals surface area (Å²) in [6.07, 6.45) is 0. The third kappa shape index (κ3) is 6.23. The molecule has 28 heavy (non-hydrogen) atoms. The second-order valence-electron chi connectivity index (χ2n) is 5.53. The summed E-state index contributed by atoms with van der Waals surface area (Å²) in [6, 6.07) is 13.5. The zero-order valence-corrected chi connectivity index (χ0v) is 16.6. The minimum absolute atomic E-state index is 0.0796. The van der Waals surface area contributed by atoms with E-state index in [1.165, 1.54) is 0 Å². The van der Waals surface area contributed by atoms with E-state index in [2.05, 4.69) is 0 Å². The lowest BCUT2D eigenvalue weighted by atomic mass is 10.1. The molecule has 8 heteroatoms. The molecule has 2 aromatic rings. The molecule has 2 aromatic carbocycles. The Balaban J connectivity index is 1.95. The van der Waals surface area contributed by atoms with Gasteiger partial charge in [0.2, 0.25) is 0 Å². The highest BCUT2D eigenvalue weighted by Crippen LogP contribution is 2.29. The first-order chi connectivity index (χ1) is 13.6. The molecule has 0 aliphatic rings. The molecule has 0 fully saturated rings. The van der Waals surface area contributed by atoms with Crippen LogP contribution < -0.4 is 0 Å². The van der Waals surface area contributed by atoms with Gasteiger partial charge in [0.05, 0.1) is 24.3 Å².